The summed E-state index contributed by atoms with van der Waals surface area (Å²) < 4.78 is 54.3. The van der Waals surface area contributed by atoms with E-state index in [1.807, 2.05) is 0 Å². The van der Waals surface area contributed by atoms with Crippen molar-refractivity contribution in [1.82, 2.24) is 0 Å². The molecule has 3 aromatic rings. The van der Waals surface area contributed by atoms with Crippen LogP contribution in [-0.2, 0) is 15.6 Å². The summed E-state index contributed by atoms with van der Waals surface area (Å²) in [5, 5.41) is 12.3. The van der Waals surface area contributed by atoms with Gasteiger partial charge >= 0.3 is 0 Å². The van der Waals surface area contributed by atoms with Crippen LogP contribution in [-0.4, -0.2) is 8.42 Å². The van der Waals surface area contributed by atoms with Gasteiger partial charge in [-0.05, 0) is 35.9 Å². The fourth-order valence-electron chi connectivity index (χ4n) is 2.56. The van der Waals surface area contributed by atoms with Gasteiger partial charge in [0.2, 0.25) is 9.84 Å². The Morgan fingerprint density at radius 3 is 2.13 bits per heavy atom. The van der Waals surface area contributed by atoms with Crippen LogP contribution < -0.4 is 5.32 Å². The summed E-state index contributed by atoms with van der Waals surface area (Å²) in [7, 11) is -4.18. The van der Waals surface area contributed by atoms with Gasteiger partial charge in [0.25, 0.3) is 0 Å². The largest absolute Gasteiger partial charge is 0.346 e. The average molecular weight is 443 g/mol. The van der Waals surface area contributed by atoms with Crippen molar-refractivity contribution in [2.24, 2.45) is 0 Å². The molecule has 4 nitrogen and oxygen atoms in total. The Bertz CT molecular complexity index is 1220. The van der Waals surface area contributed by atoms with Gasteiger partial charge in [0, 0.05) is 5.75 Å². The molecule has 152 valence electrons. The van der Waals surface area contributed by atoms with Gasteiger partial charge in [0.05, 0.1) is 10.6 Å². The monoisotopic (exact) mass is 442 g/mol. The lowest BCUT2D eigenvalue weighted by Crippen LogP contribution is -2.11. The van der Waals surface area contributed by atoms with Crippen molar-refractivity contribution in [3.8, 4) is 6.07 Å². The van der Waals surface area contributed by atoms with Crippen molar-refractivity contribution in [2.45, 2.75) is 10.6 Å². The van der Waals surface area contributed by atoms with Gasteiger partial charge in [0.1, 0.15) is 22.7 Å². The van der Waals surface area contributed by atoms with E-state index in [9.17, 15) is 22.5 Å². The summed E-state index contributed by atoms with van der Waals surface area (Å²) in [5.41, 5.74) is 0.328. The van der Waals surface area contributed by atoms with E-state index in [-0.39, 0.29) is 21.4 Å². The molecule has 0 aliphatic rings. The van der Waals surface area contributed by atoms with E-state index in [4.69, 9.17) is 0 Å². The van der Waals surface area contributed by atoms with Crippen molar-refractivity contribution in [1.29, 1.82) is 5.26 Å². The Labute approximate surface area is 177 Å². The zero-order valence-corrected chi connectivity index (χ0v) is 17.2. The first-order valence-electron chi connectivity index (χ1n) is 8.75. The van der Waals surface area contributed by atoms with Crippen LogP contribution in [0.15, 0.2) is 93.7 Å². The minimum Gasteiger partial charge on any atom is -0.346 e. The van der Waals surface area contributed by atoms with Gasteiger partial charge in [-0.2, -0.15) is 5.26 Å². The molecule has 3 aromatic carbocycles. The number of rotatable bonds is 7. The van der Waals surface area contributed by atoms with E-state index in [0.29, 0.717) is 5.56 Å². The summed E-state index contributed by atoms with van der Waals surface area (Å²) in [6.45, 7) is 0. The smallest absolute Gasteiger partial charge is 0.219 e. The van der Waals surface area contributed by atoms with Gasteiger partial charge in [0.15, 0.2) is 4.91 Å². The molecule has 0 spiro atoms. The Morgan fingerprint density at radius 2 is 1.50 bits per heavy atom. The third kappa shape index (κ3) is 4.87. The van der Waals surface area contributed by atoms with Crippen LogP contribution in [0.4, 0.5) is 14.5 Å². The van der Waals surface area contributed by atoms with Crippen LogP contribution in [0.2, 0.25) is 0 Å². The van der Waals surface area contributed by atoms with E-state index in [0.717, 1.165) is 11.8 Å². The number of benzene rings is 3. The first-order chi connectivity index (χ1) is 14.4. The van der Waals surface area contributed by atoms with E-state index in [2.05, 4.69) is 5.32 Å². The molecule has 3 rings (SSSR count). The number of anilines is 1. The molecule has 0 heterocycles. The molecular formula is C22H16F2N2O2S2. The standard InChI is InChI=1S/C22H16F2N2O2S2/c23-18-11-5-4-8-16(18)15-29-22(26-20-13-7-6-12-19(20)24)21(14-25)30(27,28)17-9-2-1-3-10-17/h1-13,26H,15H2/b22-21-. The fourth-order valence-corrected chi connectivity index (χ4v) is 5.12. The molecule has 0 aliphatic heterocycles. The summed E-state index contributed by atoms with van der Waals surface area (Å²) in [5.74, 6) is -1.03. The number of para-hydroxylation sites is 1. The number of allylic oxidation sites excluding steroid dienone is 1. The molecule has 0 bridgehead atoms. The molecule has 0 amide bonds. The lowest BCUT2D eigenvalue weighted by Gasteiger charge is -2.14. The SMILES string of the molecule is N#C/C(=C(\Nc1ccccc1F)SCc1ccccc1F)S(=O)(=O)c1ccccc1. The van der Waals surface area contributed by atoms with Gasteiger partial charge < -0.3 is 5.32 Å². The highest BCUT2D eigenvalue weighted by Gasteiger charge is 2.26. The third-order valence-corrected chi connectivity index (χ3v) is 6.99. The predicted molar refractivity (Wildman–Crippen MR) is 114 cm³/mol. The molecule has 0 saturated carbocycles. The fraction of sp³-hybridized carbons (Fsp3) is 0.0455. The zero-order chi connectivity index (χ0) is 21.6. The number of nitrogens with zero attached hydrogens (tertiary/aromatic N) is 1. The summed E-state index contributed by atoms with van der Waals surface area (Å²) in [6.07, 6.45) is 0. The average Bonchev–Trinajstić information content (AvgIpc) is 2.75. The zero-order valence-electron chi connectivity index (χ0n) is 15.5. The molecule has 0 aromatic heterocycles. The van der Waals surface area contributed by atoms with Crippen molar-refractivity contribution in [3.63, 3.8) is 0 Å². The molecule has 0 saturated heterocycles. The van der Waals surface area contributed by atoms with Crippen LogP contribution >= 0.6 is 11.8 Å². The number of sulfone groups is 1. The first kappa shape index (κ1) is 21.6. The molecule has 1 N–H and O–H groups in total. The number of nitriles is 1. The van der Waals surface area contributed by atoms with E-state index in [1.54, 1.807) is 48.5 Å². The number of hydrogen-bond acceptors (Lipinski definition) is 5. The Hall–Kier alpha value is -3.15. The van der Waals surface area contributed by atoms with Crippen molar-refractivity contribution >= 4 is 27.3 Å². The van der Waals surface area contributed by atoms with Crippen molar-refractivity contribution in [2.75, 3.05) is 5.32 Å². The number of hydrogen-bond donors (Lipinski definition) is 1. The van der Waals surface area contributed by atoms with Gasteiger partial charge in [-0.1, -0.05) is 48.5 Å². The lowest BCUT2D eigenvalue weighted by atomic mass is 10.2. The highest BCUT2D eigenvalue weighted by atomic mass is 32.2. The van der Waals surface area contributed by atoms with Gasteiger partial charge in [-0.3, -0.25) is 0 Å². The maximum Gasteiger partial charge on any atom is 0.219 e. The second-order valence-electron chi connectivity index (χ2n) is 6.07. The van der Waals surface area contributed by atoms with Crippen LogP contribution in [0.3, 0.4) is 0 Å². The van der Waals surface area contributed by atoms with E-state index >= 15 is 0 Å². The Morgan fingerprint density at radius 1 is 0.900 bits per heavy atom. The minimum absolute atomic E-state index is 0.00421. The molecule has 0 atom stereocenters. The van der Waals surface area contributed by atoms with Crippen LogP contribution in [0, 0.1) is 23.0 Å². The Kier molecular flexibility index (Phi) is 6.87. The molecule has 30 heavy (non-hydrogen) atoms. The normalized spacial score (nSPS) is 12.0. The lowest BCUT2D eigenvalue weighted by molar-refractivity contribution is 0.603. The van der Waals surface area contributed by atoms with Crippen molar-refractivity contribution in [3.05, 3.63) is 106 Å². The molecule has 0 unspecified atom stereocenters. The van der Waals surface area contributed by atoms with E-state index < -0.39 is 26.4 Å². The second kappa shape index (κ2) is 9.57. The second-order valence-corrected chi connectivity index (χ2v) is 8.94. The van der Waals surface area contributed by atoms with Gasteiger partial charge in [-0.15, -0.1) is 11.8 Å². The highest BCUT2D eigenvalue weighted by Crippen LogP contribution is 2.32. The van der Waals surface area contributed by atoms with Crippen LogP contribution in [0.25, 0.3) is 0 Å². The molecule has 0 radical (unpaired) electrons. The maximum absolute atomic E-state index is 14.2. The predicted octanol–water partition coefficient (Wildman–Crippen LogP) is 5.48. The molecule has 0 fully saturated rings. The first-order valence-corrected chi connectivity index (χ1v) is 11.2. The number of halogens is 2. The van der Waals surface area contributed by atoms with Crippen molar-refractivity contribution < 1.29 is 17.2 Å². The highest BCUT2D eigenvalue weighted by molar-refractivity contribution is 8.04. The number of thioether (sulfide) groups is 1. The van der Waals surface area contributed by atoms with Crippen LogP contribution in [0.5, 0.6) is 0 Å². The number of nitrogens with one attached hydrogen (secondary N) is 1. The summed E-state index contributed by atoms with van der Waals surface area (Å²) >= 11 is 0.907. The van der Waals surface area contributed by atoms with Gasteiger partial charge in [-0.25, -0.2) is 17.2 Å². The molecule has 0 aliphatic carbocycles. The Balaban J connectivity index is 2.07. The topological polar surface area (TPSA) is 70.0 Å². The quantitative estimate of drug-likeness (QED) is 0.491. The third-order valence-electron chi connectivity index (χ3n) is 4.08. The maximum atomic E-state index is 14.2. The summed E-state index contributed by atoms with van der Waals surface area (Å²) in [4.78, 5) is -0.640. The van der Waals surface area contributed by atoms with Crippen LogP contribution in [0.1, 0.15) is 5.56 Å². The summed E-state index contributed by atoms with van der Waals surface area (Å²) in [6, 6.07) is 20.9. The minimum atomic E-state index is -4.18. The molecular weight excluding hydrogens is 426 g/mol. The van der Waals surface area contributed by atoms with E-state index in [1.165, 1.54) is 36.4 Å². The molecule has 8 heteroatoms.